The molecule has 0 heterocycles. The summed E-state index contributed by atoms with van der Waals surface area (Å²) in [5.74, 6) is 0.314. The molecule has 0 N–H and O–H groups in total. The zero-order valence-electron chi connectivity index (χ0n) is 10.1. The average Bonchev–Trinajstić information content (AvgIpc) is 2.98. The van der Waals surface area contributed by atoms with Crippen LogP contribution >= 0.6 is 0 Å². The normalized spacial score (nSPS) is 18.8. The van der Waals surface area contributed by atoms with E-state index in [-0.39, 0.29) is 5.41 Å². The van der Waals surface area contributed by atoms with Gasteiger partial charge in [-0.3, -0.25) is 4.79 Å². The molecular weight excluding hydrogens is 172 g/mol. The van der Waals surface area contributed by atoms with Gasteiger partial charge in [-0.2, -0.15) is 0 Å². The fourth-order valence-corrected chi connectivity index (χ4v) is 1.68. The van der Waals surface area contributed by atoms with E-state index < -0.39 is 0 Å². The molecule has 0 unspecified atom stereocenters. The molecule has 80 valence electrons. The minimum Gasteiger partial charge on any atom is -0.299 e. The van der Waals surface area contributed by atoms with Crippen LogP contribution in [-0.2, 0) is 4.79 Å². The van der Waals surface area contributed by atoms with Crippen molar-refractivity contribution < 1.29 is 4.79 Å². The van der Waals surface area contributed by atoms with Crippen molar-refractivity contribution in [3.05, 3.63) is 23.8 Å². The lowest BCUT2D eigenvalue weighted by Gasteiger charge is -2.11. The van der Waals surface area contributed by atoms with E-state index in [4.69, 9.17) is 0 Å². The van der Waals surface area contributed by atoms with Gasteiger partial charge in [-0.15, -0.1) is 0 Å². The van der Waals surface area contributed by atoms with Crippen molar-refractivity contribution >= 4 is 5.78 Å². The van der Waals surface area contributed by atoms with Crippen LogP contribution < -0.4 is 0 Å². The molecule has 0 saturated heterocycles. The molecule has 1 aliphatic carbocycles. The minimum absolute atomic E-state index is 0.0960. The first-order valence-electron chi connectivity index (χ1n) is 5.48. The van der Waals surface area contributed by atoms with Gasteiger partial charge in [0.15, 0.2) is 0 Å². The number of Topliss-reactive ketones (excluding diaryl/α,β-unsaturated/α-hetero) is 1. The van der Waals surface area contributed by atoms with Crippen LogP contribution in [0, 0.1) is 5.41 Å². The zero-order valence-corrected chi connectivity index (χ0v) is 10.1. The molecule has 1 saturated carbocycles. The van der Waals surface area contributed by atoms with Crippen molar-refractivity contribution in [1.29, 1.82) is 0 Å². The van der Waals surface area contributed by atoms with Crippen molar-refractivity contribution in [3.63, 3.8) is 0 Å². The molecule has 1 aliphatic rings. The van der Waals surface area contributed by atoms with Gasteiger partial charge in [0, 0.05) is 0 Å². The van der Waals surface area contributed by atoms with Gasteiger partial charge in [-0.05, 0) is 39.2 Å². The summed E-state index contributed by atoms with van der Waals surface area (Å²) in [6.45, 7) is 9.68. The molecule has 0 aliphatic heterocycles. The monoisotopic (exact) mass is 194 g/mol. The Morgan fingerprint density at radius 1 is 1.21 bits per heavy atom. The summed E-state index contributed by atoms with van der Waals surface area (Å²) in [4.78, 5) is 11.3. The number of carbonyl (C=O) groups is 1. The summed E-state index contributed by atoms with van der Waals surface area (Å²) in [6, 6.07) is 0. The van der Waals surface area contributed by atoms with Gasteiger partial charge in [0.1, 0.15) is 5.78 Å². The van der Waals surface area contributed by atoms with Crippen LogP contribution in [0.25, 0.3) is 0 Å². The summed E-state index contributed by atoms with van der Waals surface area (Å²) in [5.41, 5.74) is 1.10. The number of allylic oxidation sites excluding steroid dienone is 4. The van der Waals surface area contributed by atoms with Crippen molar-refractivity contribution in [2.45, 2.75) is 47.5 Å². The van der Waals surface area contributed by atoms with Crippen LogP contribution in [-0.4, -0.2) is 5.78 Å². The van der Waals surface area contributed by atoms with Gasteiger partial charge in [-0.1, -0.05) is 32.1 Å². The maximum Gasteiger partial charge on any atom is 0.140 e. The smallest absolute Gasteiger partial charge is 0.140 e. The Morgan fingerprint density at radius 2 is 1.71 bits per heavy atom. The molecular formula is C13H22O. The Kier molecular flexibility index (Phi) is 5.44. The lowest BCUT2D eigenvalue weighted by atomic mass is 9.91. The van der Waals surface area contributed by atoms with Gasteiger partial charge < -0.3 is 0 Å². The second-order valence-corrected chi connectivity index (χ2v) is 3.38. The van der Waals surface area contributed by atoms with Crippen molar-refractivity contribution in [3.8, 4) is 0 Å². The van der Waals surface area contributed by atoms with E-state index in [0.29, 0.717) is 5.78 Å². The van der Waals surface area contributed by atoms with E-state index >= 15 is 0 Å². The van der Waals surface area contributed by atoms with Crippen molar-refractivity contribution in [1.82, 2.24) is 0 Å². The standard InChI is InChI=1S/C11H16O.C2H6/c1-4-6-10(5-2)11(7-8-11)9(3)12;1-2/h4-6H,7-8H2,1-3H3;1-2H3/b6-4-,10-5+;. The summed E-state index contributed by atoms with van der Waals surface area (Å²) >= 11 is 0. The lowest BCUT2D eigenvalue weighted by Crippen LogP contribution is -2.13. The van der Waals surface area contributed by atoms with Crippen LogP contribution in [0.5, 0.6) is 0 Å². The molecule has 0 aromatic carbocycles. The maximum atomic E-state index is 11.3. The van der Waals surface area contributed by atoms with Crippen LogP contribution in [0.4, 0.5) is 0 Å². The zero-order chi connectivity index (χ0) is 11.2. The van der Waals surface area contributed by atoms with E-state index in [1.807, 2.05) is 33.8 Å². The number of hydrogen-bond acceptors (Lipinski definition) is 1. The van der Waals surface area contributed by atoms with E-state index in [1.165, 1.54) is 5.57 Å². The first-order valence-corrected chi connectivity index (χ1v) is 5.48. The van der Waals surface area contributed by atoms with Gasteiger partial charge in [-0.25, -0.2) is 0 Å². The van der Waals surface area contributed by atoms with Crippen LogP contribution in [0.15, 0.2) is 23.8 Å². The minimum atomic E-state index is -0.0960. The Balaban J connectivity index is 0.000000791. The summed E-state index contributed by atoms with van der Waals surface area (Å²) < 4.78 is 0. The van der Waals surface area contributed by atoms with Gasteiger partial charge >= 0.3 is 0 Å². The number of carbonyl (C=O) groups excluding carboxylic acids is 1. The highest BCUT2D eigenvalue weighted by atomic mass is 16.1. The average molecular weight is 194 g/mol. The van der Waals surface area contributed by atoms with Gasteiger partial charge in [0.05, 0.1) is 5.41 Å². The Morgan fingerprint density at radius 3 is 1.93 bits per heavy atom. The number of ketones is 1. The molecule has 1 heteroatoms. The predicted molar refractivity (Wildman–Crippen MR) is 62.3 cm³/mol. The Labute approximate surface area is 87.9 Å². The second kappa shape index (κ2) is 5.79. The second-order valence-electron chi connectivity index (χ2n) is 3.38. The predicted octanol–water partition coefficient (Wildman–Crippen LogP) is 3.90. The van der Waals surface area contributed by atoms with E-state index in [9.17, 15) is 4.79 Å². The highest BCUT2D eigenvalue weighted by Gasteiger charge is 2.48. The molecule has 1 rings (SSSR count). The van der Waals surface area contributed by atoms with Crippen molar-refractivity contribution in [2.75, 3.05) is 0 Å². The molecule has 14 heavy (non-hydrogen) atoms. The molecule has 0 bridgehead atoms. The quantitative estimate of drug-likeness (QED) is 0.623. The first kappa shape index (κ1) is 13.2. The third-order valence-corrected chi connectivity index (χ3v) is 2.63. The van der Waals surface area contributed by atoms with E-state index in [1.54, 1.807) is 6.92 Å². The molecule has 0 amide bonds. The molecule has 1 nitrogen and oxygen atoms in total. The third kappa shape index (κ3) is 2.57. The SMILES string of the molecule is C/C=C\C(=C/C)C1(C(C)=O)CC1.CC. The molecule has 0 spiro atoms. The van der Waals surface area contributed by atoms with Crippen LogP contribution in [0.3, 0.4) is 0 Å². The summed E-state index contributed by atoms with van der Waals surface area (Å²) in [6.07, 6.45) is 8.17. The van der Waals surface area contributed by atoms with Gasteiger partial charge in [0.2, 0.25) is 0 Å². The Hall–Kier alpha value is -0.850. The van der Waals surface area contributed by atoms with E-state index in [2.05, 4.69) is 12.2 Å². The first-order chi connectivity index (χ1) is 6.67. The van der Waals surface area contributed by atoms with Crippen LogP contribution in [0.2, 0.25) is 0 Å². The van der Waals surface area contributed by atoms with Crippen LogP contribution in [0.1, 0.15) is 47.5 Å². The number of rotatable bonds is 3. The maximum absolute atomic E-state index is 11.3. The van der Waals surface area contributed by atoms with Gasteiger partial charge in [0.25, 0.3) is 0 Å². The van der Waals surface area contributed by atoms with E-state index in [0.717, 1.165) is 12.8 Å². The highest BCUT2D eigenvalue weighted by Crippen LogP contribution is 2.52. The van der Waals surface area contributed by atoms with Crippen molar-refractivity contribution in [2.24, 2.45) is 5.41 Å². The molecule has 1 fully saturated rings. The molecule has 0 aromatic rings. The largest absolute Gasteiger partial charge is 0.299 e. The fraction of sp³-hybridized carbons (Fsp3) is 0.615. The topological polar surface area (TPSA) is 17.1 Å². The third-order valence-electron chi connectivity index (χ3n) is 2.63. The molecule has 0 radical (unpaired) electrons. The fourth-order valence-electron chi connectivity index (χ4n) is 1.68. The Bertz CT molecular complexity index is 242. The number of hydrogen-bond donors (Lipinski definition) is 0. The summed E-state index contributed by atoms with van der Waals surface area (Å²) in [7, 11) is 0. The summed E-state index contributed by atoms with van der Waals surface area (Å²) in [5, 5.41) is 0. The highest BCUT2D eigenvalue weighted by molar-refractivity contribution is 5.89. The molecule has 0 aromatic heterocycles. The molecule has 0 atom stereocenters. The lowest BCUT2D eigenvalue weighted by molar-refractivity contribution is -0.120.